The molecular weight excluding hydrogens is 188 g/mol. The molecule has 1 aromatic rings. The maximum atomic E-state index is 11.7. The summed E-state index contributed by atoms with van der Waals surface area (Å²) in [5.41, 5.74) is 6.54. The van der Waals surface area contributed by atoms with Crippen molar-refractivity contribution in [2.75, 3.05) is 6.54 Å². The fourth-order valence-corrected chi connectivity index (χ4v) is 1.52. The quantitative estimate of drug-likeness (QED) is 0.768. The van der Waals surface area contributed by atoms with Crippen molar-refractivity contribution < 1.29 is 4.79 Å². The summed E-state index contributed by atoms with van der Waals surface area (Å²) in [6.45, 7) is 2.66. The largest absolute Gasteiger partial charge is 0.330 e. The first-order valence-corrected chi connectivity index (χ1v) is 5.37. The highest BCUT2D eigenvalue weighted by Crippen LogP contribution is 2.09. The van der Waals surface area contributed by atoms with E-state index in [0.29, 0.717) is 25.3 Å². The van der Waals surface area contributed by atoms with Crippen LogP contribution in [0.3, 0.4) is 0 Å². The number of aromatic nitrogens is 1. The lowest BCUT2D eigenvalue weighted by Gasteiger charge is -2.10. The van der Waals surface area contributed by atoms with Gasteiger partial charge in [-0.15, -0.1) is 0 Å². The van der Waals surface area contributed by atoms with E-state index in [0.717, 1.165) is 12.0 Å². The van der Waals surface area contributed by atoms with Crippen LogP contribution in [-0.4, -0.2) is 17.3 Å². The summed E-state index contributed by atoms with van der Waals surface area (Å²) >= 11 is 0. The third-order valence-corrected chi connectivity index (χ3v) is 2.55. The number of hydrogen-bond acceptors (Lipinski definition) is 3. The van der Waals surface area contributed by atoms with Crippen LogP contribution < -0.4 is 5.73 Å². The summed E-state index contributed by atoms with van der Waals surface area (Å²) in [6.07, 6.45) is 5.48. The van der Waals surface area contributed by atoms with Gasteiger partial charge in [0.15, 0.2) is 0 Å². The number of Topliss-reactive ketones (excluding diaryl/α,β-unsaturated/α-hetero) is 1. The van der Waals surface area contributed by atoms with E-state index in [4.69, 9.17) is 5.73 Å². The van der Waals surface area contributed by atoms with Crippen molar-refractivity contribution >= 4 is 5.78 Å². The minimum Gasteiger partial charge on any atom is -0.330 e. The Bertz CT molecular complexity index is 294. The summed E-state index contributed by atoms with van der Waals surface area (Å²) in [4.78, 5) is 15.6. The van der Waals surface area contributed by atoms with E-state index >= 15 is 0 Å². The highest BCUT2D eigenvalue weighted by atomic mass is 16.1. The number of ketones is 1. The van der Waals surface area contributed by atoms with Crippen LogP contribution in [0, 0.1) is 5.92 Å². The number of hydrogen-bond donors (Lipinski definition) is 1. The lowest BCUT2D eigenvalue weighted by atomic mass is 9.97. The molecule has 0 radical (unpaired) electrons. The summed E-state index contributed by atoms with van der Waals surface area (Å²) < 4.78 is 0. The smallest absolute Gasteiger partial charge is 0.137 e. The Morgan fingerprint density at radius 3 is 2.93 bits per heavy atom. The molecule has 82 valence electrons. The fraction of sp³-hybridized carbons (Fsp3) is 0.500. The Morgan fingerprint density at radius 2 is 2.40 bits per heavy atom. The minimum absolute atomic E-state index is 0.250. The summed E-state index contributed by atoms with van der Waals surface area (Å²) in [5, 5.41) is 0. The van der Waals surface area contributed by atoms with Crippen molar-refractivity contribution in [3.63, 3.8) is 0 Å². The molecule has 0 spiro atoms. The zero-order valence-electron chi connectivity index (χ0n) is 9.15. The maximum absolute atomic E-state index is 11.7. The third-order valence-electron chi connectivity index (χ3n) is 2.55. The van der Waals surface area contributed by atoms with Gasteiger partial charge in [0.25, 0.3) is 0 Å². The topological polar surface area (TPSA) is 56.0 Å². The molecule has 0 aliphatic heterocycles. The SMILES string of the molecule is CCC(CN)CC(=O)Cc1cccnc1. The zero-order valence-corrected chi connectivity index (χ0v) is 9.15. The number of rotatable bonds is 6. The molecule has 0 amide bonds. The molecule has 1 atom stereocenters. The highest BCUT2D eigenvalue weighted by molar-refractivity contribution is 5.80. The molecule has 1 unspecified atom stereocenters. The van der Waals surface area contributed by atoms with Crippen molar-refractivity contribution in [1.82, 2.24) is 4.98 Å². The Morgan fingerprint density at radius 1 is 1.60 bits per heavy atom. The van der Waals surface area contributed by atoms with Crippen LogP contribution >= 0.6 is 0 Å². The first-order valence-electron chi connectivity index (χ1n) is 5.37. The van der Waals surface area contributed by atoms with Crippen molar-refractivity contribution in [3.8, 4) is 0 Å². The summed E-state index contributed by atoms with van der Waals surface area (Å²) in [7, 11) is 0. The van der Waals surface area contributed by atoms with Gasteiger partial charge in [0.2, 0.25) is 0 Å². The Balaban J connectivity index is 2.43. The predicted molar refractivity (Wildman–Crippen MR) is 60.4 cm³/mol. The van der Waals surface area contributed by atoms with E-state index in [-0.39, 0.29) is 5.78 Å². The number of pyridine rings is 1. The Hall–Kier alpha value is -1.22. The van der Waals surface area contributed by atoms with Crippen LogP contribution in [0.5, 0.6) is 0 Å². The van der Waals surface area contributed by atoms with Gasteiger partial charge in [-0.25, -0.2) is 0 Å². The Labute approximate surface area is 90.7 Å². The standard InChI is InChI=1S/C12H18N2O/c1-2-10(8-13)6-12(15)7-11-4-3-5-14-9-11/h3-5,9-10H,2,6-8,13H2,1H3. The lowest BCUT2D eigenvalue weighted by molar-refractivity contribution is -0.119. The zero-order chi connectivity index (χ0) is 11.1. The van der Waals surface area contributed by atoms with Crippen LogP contribution in [0.2, 0.25) is 0 Å². The van der Waals surface area contributed by atoms with Crippen molar-refractivity contribution in [3.05, 3.63) is 30.1 Å². The molecule has 1 rings (SSSR count). The summed E-state index contributed by atoms with van der Waals surface area (Å²) in [6, 6.07) is 3.77. The molecule has 0 saturated heterocycles. The van der Waals surface area contributed by atoms with E-state index < -0.39 is 0 Å². The van der Waals surface area contributed by atoms with Gasteiger partial charge >= 0.3 is 0 Å². The maximum Gasteiger partial charge on any atom is 0.137 e. The number of carbonyl (C=O) groups is 1. The van der Waals surface area contributed by atoms with Crippen molar-refractivity contribution in [1.29, 1.82) is 0 Å². The van der Waals surface area contributed by atoms with Gasteiger partial charge in [-0.05, 0) is 24.1 Å². The molecule has 1 aromatic heterocycles. The fourth-order valence-electron chi connectivity index (χ4n) is 1.52. The first kappa shape index (κ1) is 11.9. The Kier molecular flexibility index (Phi) is 4.98. The van der Waals surface area contributed by atoms with Gasteiger partial charge in [-0.2, -0.15) is 0 Å². The summed E-state index contributed by atoms with van der Waals surface area (Å²) in [5.74, 6) is 0.578. The van der Waals surface area contributed by atoms with Crippen LogP contribution in [0.15, 0.2) is 24.5 Å². The average molecular weight is 206 g/mol. The molecule has 0 aliphatic rings. The number of carbonyl (C=O) groups excluding carboxylic acids is 1. The van der Waals surface area contributed by atoms with Crippen LogP contribution in [0.25, 0.3) is 0 Å². The highest BCUT2D eigenvalue weighted by Gasteiger charge is 2.10. The molecule has 3 nitrogen and oxygen atoms in total. The van der Waals surface area contributed by atoms with Gasteiger partial charge in [0, 0.05) is 25.2 Å². The van der Waals surface area contributed by atoms with Crippen LogP contribution in [0.1, 0.15) is 25.3 Å². The first-order chi connectivity index (χ1) is 7.26. The molecule has 1 heterocycles. The van der Waals surface area contributed by atoms with E-state index in [9.17, 15) is 4.79 Å². The normalized spacial score (nSPS) is 12.4. The second kappa shape index (κ2) is 6.30. The van der Waals surface area contributed by atoms with Crippen molar-refractivity contribution in [2.24, 2.45) is 11.7 Å². The third kappa shape index (κ3) is 4.21. The second-order valence-electron chi connectivity index (χ2n) is 3.79. The van der Waals surface area contributed by atoms with Gasteiger partial charge in [0.05, 0.1) is 0 Å². The lowest BCUT2D eigenvalue weighted by Crippen LogP contribution is -2.18. The van der Waals surface area contributed by atoms with E-state index in [1.807, 2.05) is 12.1 Å². The number of nitrogens with zero attached hydrogens (tertiary/aromatic N) is 1. The molecule has 0 fully saturated rings. The minimum atomic E-state index is 0.250. The predicted octanol–water partition coefficient (Wildman–Crippen LogP) is 1.57. The molecule has 0 bridgehead atoms. The molecule has 0 aromatic carbocycles. The van der Waals surface area contributed by atoms with E-state index in [1.54, 1.807) is 12.4 Å². The average Bonchev–Trinajstić information content (AvgIpc) is 2.27. The van der Waals surface area contributed by atoms with Gasteiger partial charge in [-0.3, -0.25) is 9.78 Å². The molecule has 0 aliphatic carbocycles. The van der Waals surface area contributed by atoms with E-state index in [2.05, 4.69) is 11.9 Å². The number of nitrogens with two attached hydrogens (primary N) is 1. The molecule has 15 heavy (non-hydrogen) atoms. The van der Waals surface area contributed by atoms with Crippen molar-refractivity contribution in [2.45, 2.75) is 26.2 Å². The van der Waals surface area contributed by atoms with Crippen LogP contribution in [0.4, 0.5) is 0 Å². The van der Waals surface area contributed by atoms with Gasteiger partial charge < -0.3 is 5.73 Å². The van der Waals surface area contributed by atoms with Crippen LogP contribution in [-0.2, 0) is 11.2 Å². The molecule has 0 saturated carbocycles. The van der Waals surface area contributed by atoms with Gasteiger partial charge in [0.1, 0.15) is 5.78 Å². The van der Waals surface area contributed by atoms with Gasteiger partial charge in [-0.1, -0.05) is 19.4 Å². The molecule has 3 heteroatoms. The molecule has 2 N–H and O–H groups in total. The monoisotopic (exact) mass is 206 g/mol. The van der Waals surface area contributed by atoms with E-state index in [1.165, 1.54) is 0 Å². The molecular formula is C12H18N2O. The second-order valence-corrected chi connectivity index (χ2v) is 3.79.